The number of halogens is 2. The van der Waals surface area contributed by atoms with Crippen LogP contribution in [0.5, 0.6) is 0 Å². The number of likely N-dealkylation sites (tertiary alicyclic amines) is 1. The van der Waals surface area contributed by atoms with Gasteiger partial charge in [0.1, 0.15) is 43.7 Å². The highest BCUT2D eigenvalue weighted by molar-refractivity contribution is 5.78. The predicted molar refractivity (Wildman–Crippen MR) is 84.6 cm³/mol. The summed E-state index contributed by atoms with van der Waals surface area (Å²) in [7, 11) is 0. The molecule has 26 heavy (non-hydrogen) atoms. The Bertz CT molecular complexity index is 812. The van der Waals surface area contributed by atoms with Crippen molar-refractivity contribution in [1.82, 2.24) is 14.9 Å². The molecule has 140 valence electrons. The van der Waals surface area contributed by atoms with Crippen LogP contribution in [-0.4, -0.2) is 70.4 Å². The Balaban J connectivity index is 1.51. The SMILES string of the molecule is O=C(O)COCC(=O)N1C[C@@H](F)[C@@H](OCc2nc3ccc(F)cc3[nH]2)C1. The zero-order valence-electron chi connectivity index (χ0n) is 13.7. The second-order valence-corrected chi connectivity index (χ2v) is 5.90. The summed E-state index contributed by atoms with van der Waals surface area (Å²) in [5, 5.41) is 8.46. The average molecular weight is 369 g/mol. The quantitative estimate of drug-likeness (QED) is 0.750. The fourth-order valence-corrected chi connectivity index (χ4v) is 2.70. The molecule has 8 nitrogen and oxygen atoms in total. The number of aliphatic carboxylic acids is 1. The van der Waals surface area contributed by atoms with Gasteiger partial charge in [0, 0.05) is 6.54 Å². The summed E-state index contributed by atoms with van der Waals surface area (Å²) >= 11 is 0. The van der Waals surface area contributed by atoms with Crippen LogP contribution in [0.4, 0.5) is 8.78 Å². The Labute approximate surface area is 146 Å². The smallest absolute Gasteiger partial charge is 0.329 e. The molecule has 0 aliphatic carbocycles. The molecule has 1 aromatic carbocycles. The molecular weight excluding hydrogens is 352 g/mol. The van der Waals surface area contributed by atoms with Gasteiger partial charge in [-0.15, -0.1) is 0 Å². The highest BCUT2D eigenvalue weighted by atomic mass is 19.1. The number of amides is 1. The number of carbonyl (C=O) groups excluding carboxylic acids is 1. The lowest BCUT2D eigenvalue weighted by Gasteiger charge is -2.15. The van der Waals surface area contributed by atoms with Gasteiger partial charge in [0.25, 0.3) is 0 Å². The third-order valence-corrected chi connectivity index (χ3v) is 3.93. The van der Waals surface area contributed by atoms with Crippen LogP contribution < -0.4 is 0 Å². The largest absolute Gasteiger partial charge is 0.480 e. The van der Waals surface area contributed by atoms with Gasteiger partial charge in [0.05, 0.1) is 17.6 Å². The predicted octanol–water partition coefficient (Wildman–Crippen LogP) is 0.869. The number of nitrogens with one attached hydrogen (secondary N) is 1. The molecule has 1 amide bonds. The van der Waals surface area contributed by atoms with Crippen molar-refractivity contribution in [1.29, 1.82) is 0 Å². The van der Waals surface area contributed by atoms with E-state index in [9.17, 15) is 18.4 Å². The molecule has 2 heterocycles. The maximum absolute atomic E-state index is 14.1. The van der Waals surface area contributed by atoms with Crippen LogP contribution in [0.2, 0.25) is 0 Å². The minimum atomic E-state index is -1.37. The molecule has 0 bridgehead atoms. The standard InChI is InChI=1S/C16H17F2N3O5/c17-9-1-2-11-12(3-9)20-14(19-11)6-26-13-5-21(4-10(13)18)15(22)7-25-8-16(23)24/h1-3,10,13H,4-8H2,(H,19,20)(H,23,24)/t10-,13+/m1/s1. The molecule has 2 aromatic rings. The lowest BCUT2D eigenvalue weighted by atomic mass is 10.3. The molecule has 3 rings (SSSR count). The van der Waals surface area contributed by atoms with Crippen LogP contribution in [-0.2, 0) is 25.7 Å². The van der Waals surface area contributed by atoms with Crippen LogP contribution in [0.3, 0.4) is 0 Å². The van der Waals surface area contributed by atoms with Gasteiger partial charge < -0.3 is 24.5 Å². The van der Waals surface area contributed by atoms with Gasteiger partial charge in [-0.1, -0.05) is 0 Å². The number of fused-ring (bicyclic) bond motifs is 1. The number of carbonyl (C=O) groups is 2. The van der Waals surface area contributed by atoms with Crippen molar-refractivity contribution in [2.75, 3.05) is 26.3 Å². The van der Waals surface area contributed by atoms with Crippen molar-refractivity contribution in [3.8, 4) is 0 Å². The Morgan fingerprint density at radius 2 is 2.15 bits per heavy atom. The molecule has 2 N–H and O–H groups in total. The number of aromatic amines is 1. The van der Waals surface area contributed by atoms with E-state index in [2.05, 4.69) is 9.97 Å². The van der Waals surface area contributed by atoms with E-state index in [0.717, 1.165) is 0 Å². The number of hydrogen-bond acceptors (Lipinski definition) is 5. The number of imidazole rings is 1. The van der Waals surface area contributed by atoms with E-state index in [0.29, 0.717) is 16.9 Å². The first-order valence-corrected chi connectivity index (χ1v) is 7.89. The summed E-state index contributed by atoms with van der Waals surface area (Å²) in [4.78, 5) is 30.6. The van der Waals surface area contributed by atoms with Crippen molar-refractivity contribution in [2.45, 2.75) is 18.9 Å². The first-order chi connectivity index (χ1) is 12.4. The van der Waals surface area contributed by atoms with Gasteiger partial charge in [-0.25, -0.2) is 18.6 Å². The second-order valence-electron chi connectivity index (χ2n) is 5.90. The van der Waals surface area contributed by atoms with Gasteiger partial charge in [-0.3, -0.25) is 4.79 Å². The summed E-state index contributed by atoms with van der Waals surface area (Å²) in [6.07, 6.45) is -2.20. The van der Waals surface area contributed by atoms with Crippen molar-refractivity contribution in [3.63, 3.8) is 0 Å². The Kier molecular flexibility index (Phi) is 5.43. The second kappa shape index (κ2) is 7.75. The third-order valence-electron chi connectivity index (χ3n) is 3.93. The normalized spacial score (nSPS) is 20.0. The van der Waals surface area contributed by atoms with Crippen molar-refractivity contribution in [3.05, 3.63) is 29.8 Å². The van der Waals surface area contributed by atoms with E-state index in [4.69, 9.17) is 14.6 Å². The molecule has 1 fully saturated rings. The van der Waals surface area contributed by atoms with Crippen molar-refractivity contribution < 1.29 is 33.0 Å². The molecule has 0 unspecified atom stereocenters. The number of carboxylic acid groups (broad SMARTS) is 1. The van der Waals surface area contributed by atoms with E-state index in [-0.39, 0.29) is 19.7 Å². The molecule has 10 heteroatoms. The fourth-order valence-electron chi connectivity index (χ4n) is 2.70. The zero-order valence-corrected chi connectivity index (χ0v) is 13.7. The number of aromatic nitrogens is 2. The zero-order chi connectivity index (χ0) is 18.7. The van der Waals surface area contributed by atoms with Crippen LogP contribution >= 0.6 is 0 Å². The summed E-state index contributed by atoms with van der Waals surface area (Å²) < 4.78 is 37.5. The molecule has 1 aliphatic rings. The highest BCUT2D eigenvalue weighted by Gasteiger charge is 2.36. The van der Waals surface area contributed by atoms with Crippen LogP contribution in [0.15, 0.2) is 18.2 Å². The molecule has 0 spiro atoms. The van der Waals surface area contributed by atoms with Crippen molar-refractivity contribution >= 4 is 22.9 Å². The maximum Gasteiger partial charge on any atom is 0.329 e. The lowest BCUT2D eigenvalue weighted by molar-refractivity contribution is -0.145. The molecule has 1 aliphatic heterocycles. The van der Waals surface area contributed by atoms with E-state index < -0.39 is 43.2 Å². The monoisotopic (exact) mass is 369 g/mol. The van der Waals surface area contributed by atoms with E-state index in [1.165, 1.54) is 23.1 Å². The van der Waals surface area contributed by atoms with Gasteiger partial charge in [-0.05, 0) is 18.2 Å². The van der Waals surface area contributed by atoms with Gasteiger partial charge in [0.2, 0.25) is 5.91 Å². The van der Waals surface area contributed by atoms with Crippen LogP contribution in [0.1, 0.15) is 5.82 Å². The molecule has 0 radical (unpaired) electrons. The molecule has 1 saturated heterocycles. The van der Waals surface area contributed by atoms with Crippen molar-refractivity contribution in [2.24, 2.45) is 0 Å². The van der Waals surface area contributed by atoms with Gasteiger partial charge in [0.15, 0.2) is 0 Å². The summed E-state index contributed by atoms with van der Waals surface area (Å²) in [5.74, 6) is -1.66. The topological polar surface area (TPSA) is 105 Å². The Morgan fingerprint density at radius 3 is 2.92 bits per heavy atom. The number of ether oxygens (including phenoxy) is 2. The molecule has 1 aromatic heterocycles. The number of carboxylic acids is 1. The fraction of sp³-hybridized carbons (Fsp3) is 0.438. The highest BCUT2D eigenvalue weighted by Crippen LogP contribution is 2.19. The van der Waals surface area contributed by atoms with Gasteiger partial charge in [-0.2, -0.15) is 0 Å². The Morgan fingerprint density at radius 1 is 1.35 bits per heavy atom. The minimum Gasteiger partial charge on any atom is -0.480 e. The lowest BCUT2D eigenvalue weighted by Crippen LogP contribution is -2.33. The van der Waals surface area contributed by atoms with E-state index in [1.54, 1.807) is 0 Å². The first kappa shape index (κ1) is 18.2. The van der Waals surface area contributed by atoms with Gasteiger partial charge >= 0.3 is 5.97 Å². The van der Waals surface area contributed by atoms with E-state index >= 15 is 0 Å². The first-order valence-electron chi connectivity index (χ1n) is 7.89. The van der Waals surface area contributed by atoms with E-state index in [1.807, 2.05) is 0 Å². The summed E-state index contributed by atoms with van der Waals surface area (Å²) in [5.41, 5.74) is 1.08. The summed E-state index contributed by atoms with van der Waals surface area (Å²) in [6.45, 7) is -1.15. The number of rotatable bonds is 7. The number of benzene rings is 1. The van der Waals surface area contributed by atoms with Crippen LogP contribution in [0, 0.1) is 5.82 Å². The minimum absolute atomic E-state index is 0.0149. The number of alkyl halides is 1. The number of hydrogen-bond donors (Lipinski definition) is 2. The maximum atomic E-state index is 14.1. The Hall–Kier alpha value is -2.59. The molecule has 0 saturated carbocycles. The molecular formula is C16H17F2N3O5. The average Bonchev–Trinajstić information content (AvgIpc) is 3.15. The number of nitrogens with zero attached hydrogens (tertiary/aromatic N) is 2. The molecule has 2 atom stereocenters. The summed E-state index contributed by atoms with van der Waals surface area (Å²) in [6, 6.07) is 4.12. The number of H-pyrrole nitrogens is 1. The van der Waals surface area contributed by atoms with Crippen LogP contribution in [0.25, 0.3) is 11.0 Å². The third kappa shape index (κ3) is 4.33.